The fourth-order valence-corrected chi connectivity index (χ4v) is 4.92. The highest BCUT2D eigenvalue weighted by Gasteiger charge is 2.28. The molecule has 7 nitrogen and oxygen atoms in total. The summed E-state index contributed by atoms with van der Waals surface area (Å²) in [5.41, 5.74) is 4.97. The second kappa shape index (κ2) is 10.2. The first-order valence-electron chi connectivity index (χ1n) is 11.5. The molecule has 2 amide bonds. The summed E-state index contributed by atoms with van der Waals surface area (Å²) in [5.74, 6) is 0.497. The van der Waals surface area contributed by atoms with Crippen molar-refractivity contribution in [2.75, 3.05) is 30.5 Å². The third kappa shape index (κ3) is 5.08. The summed E-state index contributed by atoms with van der Waals surface area (Å²) in [4.78, 5) is 31.9. The molecule has 1 N–H and O–H groups in total. The summed E-state index contributed by atoms with van der Waals surface area (Å²) in [6, 6.07) is 21.3. The highest BCUT2D eigenvalue weighted by Crippen LogP contribution is 2.36. The molecule has 182 valence electrons. The fourth-order valence-electron chi connectivity index (χ4n) is 4.08. The third-order valence-corrected chi connectivity index (χ3v) is 6.73. The molecule has 0 aliphatic carbocycles. The van der Waals surface area contributed by atoms with E-state index in [2.05, 4.69) is 17.4 Å². The van der Waals surface area contributed by atoms with Crippen LogP contribution >= 0.6 is 11.3 Å². The number of ether oxygens (including phenoxy) is 2. The predicted molar refractivity (Wildman–Crippen MR) is 141 cm³/mol. The molecule has 1 aliphatic heterocycles. The molecule has 0 saturated heterocycles. The van der Waals surface area contributed by atoms with Gasteiger partial charge in [-0.1, -0.05) is 36.4 Å². The number of anilines is 2. The Morgan fingerprint density at radius 3 is 2.78 bits per heavy atom. The Hall–Kier alpha value is -4.17. The van der Waals surface area contributed by atoms with Gasteiger partial charge in [0.25, 0.3) is 5.91 Å². The minimum absolute atomic E-state index is 0.120. The van der Waals surface area contributed by atoms with Crippen LogP contribution in [-0.2, 0) is 16.0 Å². The lowest BCUT2D eigenvalue weighted by atomic mass is 10.1. The molecule has 2 heterocycles. The summed E-state index contributed by atoms with van der Waals surface area (Å²) in [5, 5.41) is 5.88. The number of carbonyl (C=O) groups is 2. The van der Waals surface area contributed by atoms with Crippen LogP contribution in [0.2, 0.25) is 0 Å². The van der Waals surface area contributed by atoms with E-state index < -0.39 is 0 Å². The van der Waals surface area contributed by atoms with Crippen LogP contribution in [0, 0.1) is 6.92 Å². The lowest BCUT2D eigenvalue weighted by Gasteiger charge is -2.29. The Morgan fingerprint density at radius 1 is 1.14 bits per heavy atom. The summed E-state index contributed by atoms with van der Waals surface area (Å²) >= 11 is 1.60. The van der Waals surface area contributed by atoms with Crippen LogP contribution in [0.1, 0.15) is 16.1 Å². The summed E-state index contributed by atoms with van der Waals surface area (Å²) < 4.78 is 11.0. The summed E-state index contributed by atoms with van der Waals surface area (Å²) in [6.07, 6.45) is 0.757. The molecule has 1 aliphatic rings. The SMILES string of the molecule is COc1ccc(C)cc1NC(=O)CN1C(=O)COc2ccc(-c3csc(Cc4ccccc4)n3)cc21. The molecule has 8 heteroatoms. The monoisotopic (exact) mass is 499 g/mol. The summed E-state index contributed by atoms with van der Waals surface area (Å²) in [6.45, 7) is 1.67. The molecule has 0 atom stereocenters. The van der Waals surface area contributed by atoms with E-state index >= 15 is 0 Å². The molecule has 0 fully saturated rings. The topological polar surface area (TPSA) is 80.8 Å². The first kappa shape index (κ1) is 23.6. The number of fused-ring (bicyclic) bond motifs is 1. The van der Waals surface area contributed by atoms with Crippen LogP contribution in [-0.4, -0.2) is 37.1 Å². The number of nitrogens with one attached hydrogen (secondary N) is 1. The van der Waals surface area contributed by atoms with E-state index in [-0.39, 0.29) is 25.0 Å². The van der Waals surface area contributed by atoms with E-state index in [1.165, 1.54) is 10.5 Å². The van der Waals surface area contributed by atoms with Gasteiger partial charge in [0.05, 0.1) is 29.2 Å². The van der Waals surface area contributed by atoms with Crippen molar-refractivity contribution < 1.29 is 19.1 Å². The lowest BCUT2D eigenvalue weighted by Crippen LogP contribution is -2.43. The van der Waals surface area contributed by atoms with Crippen LogP contribution in [0.5, 0.6) is 11.5 Å². The Kier molecular flexibility index (Phi) is 6.69. The highest BCUT2D eigenvalue weighted by atomic mass is 32.1. The van der Waals surface area contributed by atoms with Crippen molar-refractivity contribution in [2.45, 2.75) is 13.3 Å². The van der Waals surface area contributed by atoms with Gasteiger partial charge in [0.1, 0.15) is 18.0 Å². The van der Waals surface area contributed by atoms with E-state index in [1.54, 1.807) is 24.5 Å². The minimum Gasteiger partial charge on any atom is -0.495 e. The Bertz CT molecular complexity index is 1420. The van der Waals surface area contributed by atoms with Crippen molar-refractivity contribution >= 4 is 34.5 Å². The molecule has 0 radical (unpaired) electrons. The van der Waals surface area contributed by atoms with Gasteiger partial charge in [-0.25, -0.2) is 4.98 Å². The second-order valence-corrected chi connectivity index (χ2v) is 9.43. The lowest BCUT2D eigenvalue weighted by molar-refractivity contribution is -0.123. The zero-order chi connectivity index (χ0) is 25.1. The van der Waals surface area contributed by atoms with Gasteiger partial charge in [0.15, 0.2) is 6.61 Å². The molecule has 0 bridgehead atoms. The highest BCUT2D eigenvalue weighted by molar-refractivity contribution is 7.10. The van der Waals surface area contributed by atoms with Gasteiger partial charge in [0.2, 0.25) is 5.91 Å². The van der Waals surface area contributed by atoms with E-state index in [4.69, 9.17) is 14.5 Å². The largest absolute Gasteiger partial charge is 0.495 e. The van der Waals surface area contributed by atoms with Crippen molar-refractivity contribution in [3.63, 3.8) is 0 Å². The number of hydrogen-bond donors (Lipinski definition) is 1. The van der Waals surface area contributed by atoms with Gasteiger partial charge in [-0.05, 0) is 48.4 Å². The molecule has 1 aromatic heterocycles. The second-order valence-electron chi connectivity index (χ2n) is 8.49. The number of amides is 2. The van der Waals surface area contributed by atoms with Crippen molar-refractivity contribution in [3.05, 3.63) is 88.2 Å². The van der Waals surface area contributed by atoms with Gasteiger partial charge >= 0.3 is 0 Å². The number of nitrogens with zero attached hydrogens (tertiary/aromatic N) is 2. The van der Waals surface area contributed by atoms with Crippen LogP contribution in [0.25, 0.3) is 11.3 Å². The number of aryl methyl sites for hydroxylation is 1. The number of rotatable bonds is 7. The molecule has 0 unspecified atom stereocenters. The number of benzene rings is 3. The zero-order valence-corrected chi connectivity index (χ0v) is 20.8. The number of carbonyl (C=O) groups excluding carboxylic acids is 2. The van der Waals surface area contributed by atoms with Gasteiger partial charge in [-0.2, -0.15) is 0 Å². The minimum atomic E-state index is -0.329. The molecule has 36 heavy (non-hydrogen) atoms. The molecule has 3 aromatic carbocycles. The predicted octanol–water partition coefficient (Wildman–Crippen LogP) is 5.08. The maximum Gasteiger partial charge on any atom is 0.265 e. The van der Waals surface area contributed by atoms with E-state index in [0.717, 1.165) is 28.2 Å². The molecule has 0 spiro atoms. The average molecular weight is 500 g/mol. The van der Waals surface area contributed by atoms with Gasteiger partial charge in [-0.3, -0.25) is 14.5 Å². The van der Waals surface area contributed by atoms with E-state index in [9.17, 15) is 9.59 Å². The standard InChI is InChI=1S/C28H25N3O4S/c1-18-8-10-24(34-2)21(12-18)29-26(32)15-31-23-14-20(9-11-25(23)35-16-28(31)33)22-17-36-27(30-22)13-19-6-4-3-5-7-19/h3-12,14,17H,13,15-16H2,1-2H3,(H,29,32). The quantitative estimate of drug-likeness (QED) is 0.384. The zero-order valence-electron chi connectivity index (χ0n) is 20.0. The maximum absolute atomic E-state index is 12.9. The van der Waals surface area contributed by atoms with Crippen molar-refractivity contribution in [3.8, 4) is 22.8 Å². The van der Waals surface area contributed by atoms with E-state index in [0.29, 0.717) is 22.9 Å². The molecular formula is C28H25N3O4S. The van der Waals surface area contributed by atoms with Crippen molar-refractivity contribution in [2.24, 2.45) is 0 Å². The average Bonchev–Trinajstić information content (AvgIpc) is 3.35. The van der Waals surface area contributed by atoms with Crippen molar-refractivity contribution in [1.29, 1.82) is 0 Å². The maximum atomic E-state index is 12.9. The smallest absolute Gasteiger partial charge is 0.265 e. The van der Waals surface area contributed by atoms with Gasteiger partial charge < -0.3 is 14.8 Å². The van der Waals surface area contributed by atoms with E-state index in [1.807, 2.05) is 60.8 Å². The Morgan fingerprint density at radius 2 is 1.97 bits per heavy atom. The third-order valence-electron chi connectivity index (χ3n) is 5.88. The first-order valence-corrected chi connectivity index (χ1v) is 12.4. The normalized spacial score (nSPS) is 12.6. The molecule has 4 aromatic rings. The summed E-state index contributed by atoms with van der Waals surface area (Å²) in [7, 11) is 1.55. The number of hydrogen-bond acceptors (Lipinski definition) is 6. The van der Waals surface area contributed by atoms with Crippen molar-refractivity contribution in [1.82, 2.24) is 4.98 Å². The van der Waals surface area contributed by atoms with Gasteiger partial charge in [0, 0.05) is 17.4 Å². The first-order chi connectivity index (χ1) is 17.5. The Labute approximate surface area is 213 Å². The molecular weight excluding hydrogens is 474 g/mol. The molecule has 5 rings (SSSR count). The fraction of sp³-hybridized carbons (Fsp3) is 0.179. The van der Waals surface area contributed by atoms with Crippen LogP contribution in [0.4, 0.5) is 11.4 Å². The van der Waals surface area contributed by atoms with Crippen LogP contribution in [0.15, 0.2) is 72.1 Å². The molecule has 0 saturated carbocycles. The van der Waals surface area contributed by atoms with Crippen LogP contribution in [0.3, 0.4) is 0 Å². The Balaban J connectivity index is 1.37. The van der Waals surface area contributed by atoms with Gasteiger partial charge in [-0.15, -0.1) is 11.3 Å². The number of thiazole rings is 1. The number of methoxy groups -OCH3 is 1. The van der Waals surface area contributed by atoms with Crippen LogP contribution < -0.4 is 19.7 Å². The number of aromatic nitrogens is 1.